The van der Waals surface area contributed by atoms with E-state index in [1.54, 1.807) is 0 Å². The normalized spacial score (nSPS) is 13.2. The number of carboxylic acids is 1. The molecule has 78 valence electrons. The van der Waals surface area contributed by atoms with E-state index in [1.165, 1.54) is 0 Å². The van der Waals surface area contributed by atoms with Crippen LogP contribution in [0.5, 0.6) is 0 Å². The van der Waals surface area contributed by atoms with Crippen molar-refractivity contribution in [3.8, 4) is 0 Å². The van der Waals surface area contributed by atoms with E-state index < -0.39 is 18.2 Å². The van der Waals surface area contributed by atoms with Crippen molar-refractivity contribution >= 4 is 5.97 Å². The molecule has 0 saturated heterocycles. The number of aliphatic hydroxyl groups excluding tert-OH is 1. The predicted molar refractivity (Wildman–Crippen MR) is 48.1 cm³/mol. The number of hydrogen-bond acceptors (Lipinski definition) is 3. The zero-order valence-electron chi connectivity index (χ0n) is 7.94. The molecule has 0 aromatic heterocycles. The molecule has 1 unspecified atom stereocenters. The highest BCUT2D eigenvalue weighted by Gasteiger charge is 2.17. The fourth-order valence-electron chi connectivity index (χ4n) is 1.19. The fraction of sp³-hybridized carbons (Fsp3) is 0.889. The topological polar surface area (TPSA) is 77.8 Å². The molecule has 0 heterocycles. The van der Waals surface area contributed by atoms with Crippen LogP contribution in [0.4, 0.5) is 0 Å². The van der Waals surface area contributed by atoms with E-state index in [-0.39, 0.29) is 6.42 Å². The molecule has 0 aromatic rings. The summed E-state index contributed by atoms with van der Waals surface area (Å²) in [6, 6.07) is 0. The largest absolute Gasteiger partial charge is 0.481 e. The summed E-state index contributed by atoms with van der Waals surface area (Å²) >= 11 is 0. The molecule has 4 heteroatoms. The van der Waals surface area contributed by atoms with Crippen molar-refractivity contribution in [1.82, 2.24) is 0 Å². The maximum Gasteiger partial charge on any atom is 0.306 e. The first-order chi connectivity index (χ1) is 6.07. The summed E-state index contributed by atoms with van der Waals surface area (Å²) < 4.78 is 0. The predicted octanol–water partition coefficient (Wildman–Crippen LogP) is 0.968. The third kappa shape index (κ3) is 6.54. The van der Waals surface area contributed by atoms with Crippen LogP contribution < -0.4 is 0 Å². The number of carbonyl (C=O) groups is 1. The summed E-state index contributed by atoms with van der Waals surface area (Å²) in [5.41, 5.74) is 0. The molecule has 0 aliphatic heterocycles. The molecule has 0 aliphatic carbocycles. The van der Waals surface area contributed by atoms with Crippen LogP contribution in [-0.4, -0.2) is 27.6 Å². The Morgan fingerprint density at radius 3 is 2.23 bits per heavy atom. The lowest BCUT2D eigenvalue weighted by molar-refractivity contribution is -0.142. The van der Waals surface area contributed by atoms with Crippen LogP contribution in [0.2, 0.25) is 0 Å². The molecule has 0 fully saturated rings. The number of unbranched alkanes of at least 4 members (excludes halogenated alkanes) is 1. The average molecular weight is 190 g/mol. The fourth-order valence-corrected chi connectivity index (χ4v) is 1.19. The molecule has 3 N–H and O–H groups in total. The second-order valence-corrected chi connectivity index (χ2v) is 3.24. The Kier molecular flexibility index (Phi) is 6.54. The van der Waals surface area contributed by atoms with E-state index in [2.05, 4.69) is 0 Å². The number of hydrogen-bond donors (Lipinski definition) is 3. The Balaban J connectivity index is 3.74. The first kappa shape index (κ1) is 12.4. The lowest BCUT2D eigenvalue weighted by atomic mass is 9.97. The highest BCUT2D eigenvalue weighted by molar-refractivity contribution is 5.69. The van der Waals surface area contributed by atoms with Crippen molar-refractivity contribution in [2.75, 3.05) is 0 Å². The Labute approximate surface area is 78.2 Å². The minimum absolute atomic E-state index is 0.140. The second kappa shape index (κ2) is 6.86. The van der Waals surface area contributed by atoms with Crippen LogP contribution in [0, 0.1) is 5.92 Å². The third-order valence-electron chi connectivity index (χ3n) is 2.03. The Bertz CT molecular complexity index is 145. The van der Waals surface area contributed by atoms with Crippen molar-refractivity contribution in [3.05, 3.63) is 0 Å². The Morgan fingerprint density at radius 2 is 1.85 bits per heavy atom. The first-order valence-corrected chi connectivity index (χ1v) is 4.66. The molecule has 0 aliphatic rings. The van der Waals surface area contributed by atoms with E-state index in [1.807, 2.05) is 6.92 Å². The van der Waals surface area contributed by atoms with Gasteiger partial charge in [-0.15, -0.1) is 0 Å². The number of aliphatic hydroxyl groups is 2. The van der Waals surface area contributed by atoms with Gasteiger partial charge in [0.15, 0.2) is 6.29 Å². The zero-order valence-corrected chi connectivity index (χ0v) is 7.94. The second-order valence-electron chi connectivity index (χ2n) is 3.24. The lowest BCUT2D eigenvalue weighted by Gasteiger charge is -2.11. The molecule has 13 heavy (non-hydrogen) atoms. The molecule has 0 saturated carbocycles. The number of aliphatic carboxylic acids is 1. The Morgan fingerprint density at radius 1 is 1.23 bits per heavy atom. The number of carboxylic acid groups (broad SMARTS) is 1. The summed E-state index contributed by atoms with van der Waals surface area (Å²) in [5.74, 6) is -1.27. The molecule has 0 spiro atoms. The van der Waals surface area contributed by atoms with Gasteiger partial charge in [0, 0.05) is 0 Å². The van der Waals surface area contributed by atoms with Gasteiger partial charge in [-0.25, -0.2) is 0 Å². The van der Waals surface area contributed by atoms with Crippen molar-refractivity contribution in [3.63, 3.8) is 0 Å². The molecule has 0 rings (SSSR count). The molecule has 0 radical (unpaired) electrons. The Hall–Kier alpha value is -0.610. The van der Waals surface area contributed by atoms with Crippen molar-refractivity contribution in [1.29, 1.82) is 0 Å². The lowest BCUT2D eigenvalue weighted by Crippen LogP contribution is -2.16. The maximum absolute atomic E-state index is 10.7. The SMILES string of the molecule is CCCCC(CCC(O)O)C(=O)O. The van der Waals surface area contributed by atoms with E-state index in [9.17, 15) is 4.79 Å². The monoisotopic (exact) mass is 190 g/mol. The van der Waals surface area contributed by atoms with Crippen molar-refractivity contribution in [2.24, 2.45) is 5.92 Å². The van der Waals surface area contributed by atoms with Gasteiger partial charge in [0.2, 0.25) is 0 Å². The van der Waals surface area contributed by atoms with E-state index in [4.69, 9.17) is 15.3 Å². The van der Waals surface area contributed by atoms with Crippen molar-refractivity contribution in [2.45, 2.75) is 45.3 Å². The standard InChI is InChI=1S/C9H18O4/c1-2-3-4-7(9(12)13)5-6-8(10)11/h7-8,10-11H,2-6H2,1H3,(H,12,13). The van der Waals surface area contributed by atoms with Gasteiger partial charge in [0.25, 0.3) is 0 Å². The smallest absolute Gasteiger partial charge is 0.306 e. The highest BCUT2D eigenvalue weighted by Crippen LogP contribution is 2.15. The summed E-state index contributed by atoms with van der Waals surface area (Å²) in [5, 5.41) is 25.9. The van der Waals surface area contributed by atoms with Crippen LogP contribution in [0.1, 0.15) is 39.0 Å². The first-order valence-electron chi connectivity index (χ1n) is 4.66. The van der Waals surface area contributed by atoms with Crippen LogP contribution >= 0.6 is 0 Å². The molecule has 4 nitrogen and oxygen atoms in total. The van der Waals surface area contributed by atoms with Gasteiger partial charge < -0.3 is 15.3 Å². The van der Waals surface area contributed by atoms with Gasteiger partial charge in [-0.2, -0.15) is 0 Å². The number of rotatable bonds is 7. The highest BCUT2D eigenvalue weighted by atomic mass is 16.5. The maximum atomic E-state index is 10.7. The summed E-state index contributed by atoms with van der Waals surface area (Å²) in [7, 11) is 0. The van der Waals surface area contributed by atoms with Crippen LogP contribution in [-0.2, 0) is 4.79 Å². The van der Waals surface area contributed by atoms with E-state index in [0.717, 1.165) is 12.8 Å². The van der Waals surface area contributed by atoms with Gasteiger partial charge in [-0.3, -0.25) is 4.79 Å². The minimum Gasteiger partial charge on any atom is -0.481 e. The molecule has 0 amide bonds. The molecular weight excluding hydrogens is 172 g/mol. The average Bonchev–Trinajstić information content (AvgIpc) is 2.03. The summed E-state index contributed by atoms with van der Waals surface area (Å²) in [6.07, 6.45) is 1.55. The molecule has 0 bridgehead atoms. The van der Waals surface area contributed by atoms with E-state index >= 15 is 0 Å². The van der Waals surface area contributed by atoms with Crippen LogP contribution in [0.25, 0.3) is 0 Å². The molecular formula is C9H18O4. The van der Waals surface area contributed by atoms with Gasteiger partial charge in [0.1, 0.15) is 0 Å². The minimum atomic E-state index is -1.39. The molecule has 0 aromatic carbocycles. The van der Waals surface area contributed by atoms with Crippen molar-refractivity contribution < 1.29 is 20.1 Å². The molecule has 1 atom stereocenters. The van der Waals surface area contributed by atoms with Gasteiger partial charge in [-0.1, -0.05) is 19.8 Å². The van der Waals surface area contributed by atoms with Gasteiger partial charge >= 0.3 is 5.97 Å². The zero-order chi connectivity index (χ0) is 10.3. The van der Waals surface area contributed by atoms with Gasteiger partial charge in [0.05, 0.1) is 5.92 Å². The van der Waals surface area contributed by atoms with Crippen LogP contribution in [0.15, 0.2) is 0 Å². The third-order valence-corrected chi connectivity index (χ3v) is 2.03. The summed E-state index contributed by atoms with van der Waals surface area (Å²) in [6.45, 7) is 2.00. The van der Waals surface area contributed by atoms with E-state index in [0.29, 0.717) is 12.8 Å². The summed E-state index contributed by atoms with van der Waals surface area (Å²) in [4.78, 5) is 10.7. The quantitative estimate of drug-likeness (QED) is 0.523. The van der Waals surface area contributed by atoms with Gasteiger partial charge in [-0.05, 0) is 19.3 Å². The van der Waals surface area contributed by atoms with Crippen LogP contribution in [0.3, 0.4) is 0 Å².